The molecule has 0 bridgehead atoms. The summed E-state index contributed by atoms with van der Waals surface area (Å²) in [5.74, 6) is 0.690. The Labute approximate surface area is 132 Å². The smallest absolute Gasteiger partial charge is 0.139 e. The van der Waals surface area contributed by atoms with Crippen molar-refractivity contribution in [2.75, 3.05) is 0 Å². The molecule has 1 heterocycles. The van der Waals surface area contributed by atoms with Crippen LogP contribution in [-0.2, 0) is 13.2 Å². The molecule has 2 aromatic rings. The molecular weight excluding hydrogens is 332 g/mol. The third-order valence-corrected chi connectivity index (χ3v) is 4.57. The average Bonchev–Trinajstić information content (AvgIpc) is 3.16. The SMILES string of the molecule is OCc1cccc(Br)c1OCc1ccn(C2CCCC2)n1. The molecule has 1 N–H and O–H groups in total. The fourth-order valence-corrected chi connectivity index (χ4v) is 3.33. The Hall–Kier alpha value is -1.33. The van der Waals surface area contributed by atoms with Crippen LogP contribution >= 0.6 is 15.9 Å². The van der Waals surface area contributed by atoms with Crippen molar-refractivity contribution < 1.29 is 9.84 Å². The lowest BCUT2D eigenvalue weighted by atomic mass is 10.2. The predicted octanol–water partition coefficient (Wildman–Crippen LogP) is 3.83. The van der Waals surface area contributed by atoms with Crippen LogP contribution in [0.25, 0.3) is 0 Å². The average molecular weight is 351 g/mol. The molecular formula is C16H19BrN2O2. The van der Waals surface area contributed by atoms with E-state index in [2.05, 4.69) is 25.7 Å². The van der Waals surface area contributed by atoms with Gasteiger partial charge in [0.25, 0.3) is 0 Å². The van der Waals surface area contributed by atoms with E-state index in [1.807, 2.05) is 30.5 Å². The monoisotopic (exact) mass is 350 g/mol. The number of benzene rings is 1. The van der Waals surface area contributed by atoms with E-state index >= 15 is 0 Å². The molecule has 4 nitrogen and oxygen atoms in total. The number of aliphatic hydroxyl groups is 1. The molecule has 1 aliphatic rings. The summed E-state index contributed by atoms with van der Waals surface area (Å²) >= 11 is 3.46. The maximum Gasteiger partial charge on any atom is 0.139 e. The predicted molar refractivity (Wildman–Crippen MR) is 84.1 cm³/mol. The number of para-hydroxylation sites is 1. The summed E-state index contributed by atoms with van der Waals surface area (Å²) < 4.78 is 8.76. The number of hydrogen-bond donors (Lipinski definition) is 1. The van der Waals surface area contributed by atoms with Crippen LogP contribution in [-0.4, -0.2) is 14.9 Å². The number of aromatic nitrogens is 2. The fraction of sp³-hybridized carbons (Fsp3) is 0.438. The molecule has 5 heteroatoms. The molecule has 21 heavy (non-hydrogen) atoms. The number of hydrogen-bond acceptors (Lipinski definition) is 3. The molecule has 3 rings (SSSR count). The molecule has 1 aromatic carbocycles. The quantitative estimate of drug-likeness (QED) is 0.891. The maximum absolute atomic E-state index is 9.37. The normalized spacial score (nSPS) is 15.5. The molecule has 0 spiro atoms. The van der Waals surface area contributed by atoms with E-state index in [0.717, 1.165) is 15.7 Å². The highest BCUT2D eigenvalue weighted by molar-refractivity contribution is 9.10. The molecule has 0 amide bonds. The summed E-state index contributed by atoms with van der Waals surface area (Å²) in [6.07, 6.45) is 7.09. The first-order valence-corrected chi connectivity index (χ1v) is 8.12. The summed E-state index contributed by atoms with van der Waals surface area (Å²) in [5, 5.41) is 14.0. The summed E-state index contributed by atoms with van der Waals surface area (Å²) in [4.78, 5) is 0. The first-order valence-electron chi connectivity index (χ1n) is 7.33. The van der Waals surface area contributed by atoms with E-state index in [0.29, 0.717) is 18.4 Å². The Morgan fingerprint density at radius 3 is 2.86 bits per heavy atom. The second kappa shape index (κ2) is 6.62. The van der Waals surface area contributed by atoms with Crippen molar-refractivity contribution in [2.24, 2.45) is 0 Å². The fourth-order valence-electron chi connectivity index (χ4n) is 2.81. The Kier molecular flexibility index (Phi) is 4.60. The summed E-state index contributed by atoms with van der Waals surface area (Å²) in [6.45, 7) is 0.376. The lowest BCUT2D eigenvalue weighted by Gasteiger charge is -2.11. The number of nitrogens with zero attached hydrogens (tertiary/aromatic N) is 2. The Balaban J connectivity index is 1.68. The van der Waals surface area contributed by atoms with Gasteiger partial charge in [0, 0.05) is 11.8 Å². The Morgan fingerprint density at radius 1 is 1.29 bits per heavy atom. The molecule has 0 radical (unpaired) electrons. The van der Waals surface area contributed by atoms with Crippen LogP contribution in [0.5, 0.6) is 5.75 Å². The minimum atomic E-state index is -0.0364. The zero-order valence-corrected chi connectivity index (χ0v) is 13.4. The van der Waals surface area contributed by atoms with Crippen molar-refractivity contribution in [3.63, 3.8) is 0 Å². The van der Waals surface area contributed by atoms with Gasteiger partial charge in [-0.3, -0.25) is 4.68 Å². The summed E-state index contributed by atoms with van der Waals surface area (Å²) in [7, 11) is 0. The van der Waals surface area contributed by atoms with Gasteiger partial charge in [0.1, 0.15) is 12.4 Å². The number of halogens is 1. The molecule has 1 aliphatic carbocycles. The van der Waals surface area contributed by atoms with Gasteiger partial charge in [-0.05, 0) is 40.9 Å². The van der Waals surface area contributed by atoms with Gasteiger partial charge in [0.2, 0.25) is 0 Å². The summed E-state index contributed by atoms with van der Waals surface area (Å²) in [6, 6.07) is 8.21. The highest BCUT2D eigenvalue weighted by atomic mass is 79.9. The molecule has 1 aromatic heterocycles. The molecule has 0 aliphatic heterocycles. The van der Waals surface area contributed by atoms with E-state index in [4.69, 9.17) is 4.74 Å². The van der Waals surface area contributed by atoms with Crippen LogP contribution in [0.3, 0.4) is 0 Å². The molecule has 0 unspecified atom stereocenters. The minimum Gasteiger partial charge on any atom is -0.486 e. The van der Waals surface area contributed by atoms with Crippen molar-refractivity contribution in [1.29, 1.82) is 0 Å². The topological polar surface area (TPSA) is 47.3 Å². The van der Waals surface area contributed by atoms with Crippen LogP contribution < -0.4 is 4.74 Å². The van der Waals surface area contributed by atoms with Crippen LogP contribution in [0.1, 0.15) is 43.0 Å². The minimum absolute atomic E-state index is 0.0364. The second-order valence-corrected chi connectivity index (χ2v) is 6.25. The Morgan fingerprint density at radius 2 is 2.10 bits per heavy atom. The lowest BCUT2D eigenvalue weighted by molar-refractivity contribution is 0.255. The zero-order chi connectivity index (χ0) is 14.7. The van der Waals surface area contributed by atoms with Gasteiger partial charge in [-0.15, -0.1) is 0 Å². The van der Waals surface area contributed by atoms with Crippen molar-refractivity contribution in [1.82, 2.24) is 9.78 Å². The highest BCUT2D eigenvalue weighted by Crippen LogP contribution is 2.31. The lowest BCUT2D eigenvalue weighted by Crippen LogP contribution is -2.07. The zero-order valence-electron chi connectivity index (χ0n) is 11.8. The van der Waals surface area contributed by atoms with Crippen molar-refractivity contribution in [3.05, 3.63) is 46.2 Å². The largest absolute Gasteiger partial charge is 0.486 e. The van der Waals surface area contributed by atoms with Gasteiger partial charge in [-0.2, -0.15) is 5.10 Å². The van der Waals surface area contributed by atoms with Gasteiger partial charge in [0.15, 0.2) is 0 Å². The van der Waals surface area contributed by atoms with Gasteiger partial charge < -0.3 is 9.84 Å². The van der Waals surface area contributed by atoms with Crippen molar-refractivity contribution in [2.45, 2.75) is 44.9 Å². The van der Waals surface area contributed by atoms with E-state index in [-0.39, 0.29) is 6.61 Å². The van der Waals surface area contributed by atoms with E-state index < -0.39 is 0 Å². The van der Waals surface area contributed by atoms with Gasteiger partial charge in [-0.1, -0.05) is 25.0 Å². The highest BCUT2D eigenvalue weighted by Gasteiger charge is 2.17. The molecule has 0 atom stereocenters. The van der Waals surface area contributed by atoms with Gasteiger partial charge in [-0.25, -0.2) is 0 Å². The van der Waals surface area contributed by atoms with Crippen LogP contribution in [0.4, 0.5) is 0 Å². The third-order valence-electron chi connectivity index (χ3n) is 3.95. The van der Waals surface area contributed by atoms with E-state index in [1.165, 1.54) is 25.7 Å². The van der Waals surface area contributed by atoms with Crippen LogP contribution in [0, 0.1) is 0 Å². The first-order chi connectivity index (χ1) is 10.3. The number of rotatable bonds is 5. The Bertz CT molecular complexity index is 606. The molecule has 1 saturated carbocycles. The van der Waals surface area contributed by atoms with Crippen molar-refractivity contribution >= 4 is 15.9 Å². The molecule has 1 fully saturated rings. The number of aliphatic hydroxyl groups excluding tert-OH is 1. The first kappa shape index (κ1) is 14.6. The molecule has 112 valence electrons. The standard InChI is InChI=1S/C16H19BrN2O2/c17-15-7-3-4-12(10-20)16(15)21-11-13-8-9-19(18-13)14-5-1-2-6-14/h3-4,7-9,14,20H,1-2,5-6,10-11H2. The van der Waals surface area contributed by atoms with Crippen LogP contribution in [0.15, 0.2) is 34.9 Å². The van der Waals surface area contributed by atoms with Crippen LogP contribution in [0.2, 0.25) is 0 Å². The summed E-state index contributed by atoms with van der Waals surface area (Å²) in [5.41, 5.74) is 1.70. The van der Waals surface area contributed by atoms with Gasteiger partial charge in [0.05, 0.1) is 22.8 Å². The van der Waals surface area contributed by atoms with Gasteiger partial charge >= 0.3 is 0 Å². The second-order valence-electron chi connectivity index (χ2n) is 5.40. The molecule has 0 saturated heterocycles. The number of ether oxygens (including phenoxy) is 1. The maximum atomic E-state index is 9.37. The van der Waals surface area contributed by atoms with Crippen molar-refractivity contribution in [3.8, 4) is 5.75 Å². The third kappa shape index (κ3) is 3.30. The van der Waals surface area contributed by atoms with E-state index in [1.54, 1.807) is 0 Å². The van der Waals surface area contributed by atoms with E-state index in [9.17, 15) is 5.11 Å².